The fourth-order valence-corrected chi connectivity index (χ4v) is 1.31. The minimum absolute atomic E-state index is 0.479. The molecule has 0 aliphatic carbocycles. The van der Waals surface area contributed by atoms with Gasteiger partial charge in [-0.05, 0) is 25.2 Å². The lowest BCUT2D eigenvalue weighted by molar-refractivity contribution is 0.820. The lowest BCUT2D eigenvalue weighted by atomic mass is 10.3. The number of rotatable bonds is 2. The molecule has 2 aromatic rings. The Balaban J connectivity index is 2.30. The molecule has 0 saturated carbocycles. The molecule has 0 saturated heterocycles. The first-order chi connectivity index (χ1) is 7.27. The van der Waals surface area contributed by atoms with Crippen molar-refractivity contribution in [2.75, 3.05) is 0 Å². The molecule has 0 spiro atoms. The monoisotopic (exact) mass is 219 g/mol. The summed E-state index contributed by atoms with van der Waals surface area (Å²) in [5, 5.41) is 10.8. The van der Waals surface area contributed by atoms with Gasteiger partial charge in [0.2, 0.25) is 4.77 Å². The van der Waals surface area contributed by atoms with Crippen molar-refractivity contribution < 1.29 is 0 Å². The Morgan fingerprint density at radius 2 is 2.47 bits per heavy atom. The number of aromatic nitrogens is 4. The first-order valence-corrected chi connectivity index (χ1v) is 4.76. The van der Waals surface area contributed by atoms with E-state index >= 15 is 0 Å². The van der Waals surface area contributed by atoms with Crippen molar-refractivity contribution in [3.8, 4) is 0 Å². The van der Waals surface area contributed by atoms with E-state index in [-0.39, 0.29) is 0 Å². The molecule has 0 aliphatic heterocycles. The SMILES string of the molecule is Cc1n[nH]c(=S)n1/N=C\c1cccnc1. The fourth-order valence-electron chi connectivity index (χ4n) is 1.08. The van der Waals surface area contributed by atoms with Crippen molar-refractivity contribution in [2.24, 2.45) is 5.10 Å². The Kier molecular flexibility index (Phi) is 2.68. The van der Waals surface area contributed by atoms with Crippen molar-refractivity contribution in [3.63, 3.8) is 0 Å². The van der Waals surface area contributed by atoms with E-state index in [1.54, 1.807) is 23.3 Å². The second kappa shape index (κ2) is 4.14. The van der Waals surface area contributed by atoms with Crippen molar-refractivity contribution in [3.05, 3.63) is 40.7 Å². The van der Waals surface area contributed by atoms with Gasteiger partial charge in [-0.25, -0.2) is 0 Å². The van der Waals surface area contributed by atoms with E-state index in [0.717, 1.165) is 11.4 Å². The molecule has 2 heterocycles. The van der Waals surface area contributed by atoms with Gasteiger partial charge in [0.25, 0.3) is 0 Å². The van der Waals surface area contributed by atoms with Crippen LogP contribution in [0.25, 0.3) is 0 Å². The molecule has 15 heavy (non-hydrogen) atoms. The Labute approximate surface area is 91.5 Å². The number of aryl methyl sites for hydroxylation is 1. The van der Waals surface area contributed by atoms with Crippen LogP contribution in [0.4, 0.5) is 0 Å². The van der Waals surface area contributed by atoms with Crippen LogP contribution in [0, 0.1) is 11.7 Å². The third kappa shape index (κ3) is 2.16. The van der Waals surface area contributed by atoms with Crippen molar-refractivity contribution in [2.45, 2.75) is 6.92 Å². The zero-order chi connectivity index (χ0) is 10.7. The molecule has 0 fully saturated rings. The highest BCUT2D eigenvalue weighted by Crippen LogP contribution is 1.96. The first kappa shape index (κ1) is 9.72. The van der Waals surface area contributed by atoms with Crippen LogP contribution in [-0.2, 0) is 0 Å². The Hall–Kier alpha value is -1.82. The largest absolute Gasteiger partial charge is 0.264 e. The number of hydrogen-bond donors (Lipinski definition) is 1. The van der Waals surface area contributed by atoms with Gasteiger partial charge in [-0.3, -0.25) is 10.1 Å². The number of H-pyrrole nitrogens is 1. The van der Waals surface area contributed by atoms with Gasteiger partial charge in [0, 0.05) is 18.0 Å². The molecule has 5 nitrogen and oxygen atoms in total. The standard InChI is InChI=1S/C9H9N5S/c1-7-12-13-9(15)14(7)11-6-8-3-2-4-10-5-8/h2-6H,1H3,(H,13,15)/b11-6-. The third-order valence-electron chi connectivity index (χ3n) is 1.82. The van der Waals surface area contributed by atoms with Crippen LogP contribution < -0.4 is 0 Å². The van der Waals surface area contributed by atoms with E-state index in [1.165, 1.54) is 0 Å². The fraction of sp³-hybridized carbons (Fsp3) is 0.111. The van der Waals surface area contributed by atoms with Crippen molar-refractivity contribution >= 4 is 18.4 Å². The number of aromatic amines is 1. The lowest BCUT2D eigenvalue weighted by Gasteiger charge is -1.93. The molecular formula is C9H9N5S. The van der Waals surface area contributed by atoms with Gasteiger partial charge in [-0.1, -0.05) is 6.07 Å². The number of hydrogen-bond acceptors (Lipinski definition) is 4. The molecule has 0 aromatic carbocycles. The van der Waals surface area contributed by atoms with Crippen molar-refractivity contribution in [1.82, 2.24) is 19.9 Å². The molecular weight excluding hydrogens is 210 g/mol. The highest BCUT2D eigenvalue weighted by molar-refractivity contribution is 7.71. The van der Waals surface area contributed by atoms with Crippen LogP contribution in [-0.4, -0.2) is 26.1 Å². The number of nitrogens with zero attached hydrogens (tertiary/aromatic N) is 4. The molecule has 76 valence electrons. The maximum atomic E-state index is 5.00. The molecule has 0 amide bonds. The van der Waals surface area contributed by atoms with E-state index in [4.69, 9.17) is 12.2 Å². The van der Waals surface area contributed by atoms with Crippen LogP contribution in [0.3, 0.4) is 0 Å². The number of nitrogens with one attached hydrogen (secondary N) is 1. The quantitative estimate of drug-likeness (QED) is 0.615. The summed E-state index contributed by atoms with van der Waals surface area (Å²) in [6, 6.07) is 3.76. The van der Waals surface area contributed by atoms with E-state index in [1.807, 2.05) is 19.1 Å². The van der Waals surface area contributed by atoms with Crippen molar-refractivity contribution in [1.29, 1.82) is 0 Å². The van der Waals surface area contributed by atoms with Crippen LogP contribution in [0.15, 0.2) is 29.6 Å². The summed E-state index contributed by atoms with van der Waals surface area (Å²) < 4.78 is 2.04. The minimum atomic E-state index is 0.479. The van der Waals surface area contributed by atoms with E-state index < -0.39 is 0 Å². The summed E-state index contributed by atoms with van der Waals surface area (Å²) in [6.45, 7) is 1.83. The summed E-state index contributed by atoms with van der Waals surface area (Å²) in [5.74, 6) is 0.722. The normalized spacial score (nSPS) is 11.0. The average molecular weight is 219 g/mol. The van der Waals surface area contributed by atoms with E-state index in [2.05, 4.69) is 20.3 Å². The topological polar surface area (TPSA) is 58.9 Å². The molecule has 0 atom stereocenters. The highest BCUT2D eigenvalue weighted by Gasteiger charge is 1.96. The molecule has 2 rings (SSSR count). The lowest BCUT2D eigenvalue weighted by Crippen LogP contribution is -1.93. The van der Waals surface area contributed by atoms with Crippen LogP contribution in [0.1, 0.15) is 11.4 Å². The second-order valence-electron chi connectivity index (χ2n) is 2.92. The molecule has 0 unspecified atom stereocenters. The summed E-state index contributed by atoms with van der Waals surface area (Å²) in [6.07, 6.45) is 5.12. The van der Waals surface area contributed by atoms with E-state index in [0.29, 0.717) is 4.77 Å². The zero-order valence-electron chi connectivity index (χ0n) is 8.08. The van der Waals surface area contributed by atoms with Crippen LogP contribution in [0.2, 0.25) is 0 Å². The molecule has 0 bridgehead atoms. The van der Waals surface area contributed by atoms with E-state index in [9.17, 15) is 0 Å². The predicted octanol–water partition coefficient (Wildman–Crippen LogP) is 1.53. The summed E-state index contributed by atoms with van der Waals surface area (Å²) in [7, 11) is 0. The van der Waals surface area contributed by atoms with Crippen LogP contribution >= 0.6 is 12.2 Å². The molecule has 0 radical (unpaired) electrons. The molecule has 2 aromatic heterocycles. The third-order valence-corrected chi connectivity index (χ3v) is 2.08. The molecule has 1 N–H and O–H groups in total. The number of pyridine rings is 1. The Bertz CT molecular complexity index is 525. The predicted molar refractivity (Wildman–Crippen MR) is 59.4 cm³/mol. The maximum Gasteiger partial charge on any atom is 0.216 e. The molecule has 6 heteroatoms. The van der Waals surface area contributed by atoms with Gasteiger partial charge in [0.1, 0.15) is 5.82 Å². The van der Waals surface area contributed by atoms with Gasteiger partial charge in [-0.15, -0.1) is 0 Å². The minimum Gasteiger partial charge on any atom is -0.264 e. The first-order valence-electron chi connectivity index (χ1n) is 4.36. The average Bonchev–Trinajstić information content (AvgIpc) is 2.58. The summed E-state index contributed by atoms with van der Waals surface area (Å²) in [4.78, 5) is 3.98. The zero-order valence-corrected chi connectivity index (χ0v) is 8.90. The van der Waals surface area contributed by atoms with Gasteiger partial charge in [0.15, 0.2) is 0 Å². The van der Waals surface area contributed by atoms with Gasteiger partial charge in [0.05, 0.1) is 6.21 Å². The smallest absolute Gasteiger partial charge is 0.216 e. The van der Waals surface area contributed by atoms with Gasteiger partial charge >= 0.3 is 0 Å². The Morgan fingerprint density at radius 3 is 3.07 bits per heavy atom. The second-order valence-corrected chi connectivity index (χ2v) is 3.31. The van der Waals surface area contributed by atoms with Gasteiger partial charge < -0.3 is 0 Å². The van der Waals surface area contributed by atoms with Crippen LogP contribution in [0.5, 0.6) is 0 Å². The highest BCUT2D eigenvalue weighted by atomic mass is 32.1. The summed E-state index contributed by atoms with van der Waals surface area (Å²) >= 11 is 5.00. The maximum absolute atomic E-state index is 5.00. The summed E-state index contributed by atoms with van der Waals surface area (Å²) in [5.41, 5.74) is 0.917. The Morgan fingerprint density at radius 1 is 1.60 bits per heavy atom. The van der Waals surface area contributed by atoms with Gasteiger partial charge in [-0.2, -0.15) is 14.9 Å². The molecule has 0 aliphatic rings.